The first-order valence-electron chi connectivity index (χ1n) is 5.75. The van der Waals surface area contributed by atoms with Crippen LogP contribution in [0.5, 0.6) is 0 Å². The maximum absolute atomic E-state index is 10.3. The summed E-state index contributed by atoms with van der Waals surface area (Å²) >= 11 is 0. The zero-order valence-corrected chi connectivity index (χ0v) is 9.06. The van der Waals surface area contributed by atoms with Crippen LogP contribution in [0.25, 0.3) is 0 Å². The molecule has 3 atom stereocenters. The van der Waals surface area contributed by atoms with Crippen LogP contribution in [0.1, 0.15) is 18.4 Å². The summed E-state index contributed by atoms with van der Waals surface area (Å²) in [6.07, 6.45) is 6.15. The van der Waals surface area contributed by atoms with E-state index in [2.05, 4.69) is 24.0 Å². The van der Waals surface area contributed by atoms with E-state index >= 15 is 0 Å². The Labute approximate surface area is 95.8 Å². The van der Waals surface area contributed by atoms with Crippen molar-refractivity contribution >= 4 is 0 Å². The number of fused-ring (bicyclic) bond motifs is 1. The van der Waals surface area contributed by atoms with Crippen molar-refractivity contribution in [1.29, 1.82) is 0 Å². The molecule has 1 heteroatoms. The SMILES string of the molecule is OC1(C#Cc2ccccc2)CC2C=CCC21. The maximum atomic E-state index is 10.3. The first-order chi connectivity index (χ1) is 7.78. The molecular weight excluding hydrogens is 196 g/mol. The van der Waals surface area contributed by atoms with Crippen LogP contribution in [0, 0.1) is 23.7 Å². The number of aliphatic hydroxyl groups is 1. The van der Waals surface area contributed by atoms with Gasteiger partial charge < -0.3 is 5.11 Å². The van der Waals surface area contributed by atoms with Crippen LogP contribution in [-0.2, 0) is 0 Å². The molecule has 1 aromatic rings. The lowest BCUT2D eigenvalue weighted by Crippen LogP contribution is -2.50. The molecule has 3 rings (SSSR count). The van der Waals surface area contributed by atoms with Crippen molar-refractivity contribution in [2.24, 2.45) is 11.8 Å². The molecule has 0 spiro atoms. The van der Waals surface area contributed by atoms with E-state index in [0.29, 0.717) is 11.8 Å². The van der Waals surface area contributed by atoms with E-state index in [1.165, 1.54) is 0 Å². The van der Waals surface area contributed by atoms with Gasteiger partial charge in [0, 0.05) is 11.5 Å². The maximum Gasteiger partial charge on any atom is 0.130 e. The van der Waals surface area contributed by atoms with Crippen molar-refractivity contribution in [3.63, 3.8) is 0 Å². The average Bonchev–Trinajstić information content (AvgIpc) is 2.70. The van der Waals surface area contributed by atoms with E-state index in [1.807, 2.05) is 30.3 Å². The molecule has 1 fully saturated rings. The van der Waals surface area contributed by atoms with Crippen LogP contribution in [-0.4, -0.2) is 10.7 Å². The highest BCUT2D eigenvalue weighted by Crippen LogP contribution is 2.49. The van der Waals surface area contributed by atoms with Gasteiger partial charge in [0.2, 0.25) is 0 Å². The summed E-state index contributed by atoms with van der Waals surface area (Å²) < 4.78 is 0. The van der Waals surface area contributed by atoms with Crippen molar-refractivity contribution in [2.45, 2.75) is 18.4 Å². The summed E-state index contributed by atoms with van der Waals surface area (Å²) in [5, 5.41) is 10.3. The lowest BCUT2D eigenvalue weighted by Gasteiger charge is -2.44. The number of rotatable bonds is 0. The van der Waals surface area contributed by atoms with E-state index in [9.17, 15) is 5.11 Å². The van der Waals surface area contributed by atoms with E-state index in [-0.39, 0.29) is 0 Å². The molecule has 1 saturated carbocycles. The molecule has 3 unspecified atom stereocenters. The summed E-state index contributed by atoms with van der Waals surface area (Å²) in [5.41, 5.74) is 0.231. The third-order valence-electron chi connectivity index (χ3n) is 3.65. The molecule has 0 bridgehead atoms. The summed E-state index contributed by atoms with van der Waals surface area (Å²) in [7, 11) is 0. The molecule has 2 aliphatic rings. The average molecular weight is 210 g/mol. The van der Waals surface area contributed by atoms with Crippen LogP contribution in [0.3, 0.4) is 0 Å². The number of hydrogen-bond acceptors (Lipinski definition) is 1. The van der Waals surface area contributed by atoms with E-state index in [1.54, 1.807) is 0 Å². The lowest BCUT2D eigenvalue weighted by atomic mass is 9.63. The second kappa shape index (κ2) is 3.50. The van der Waals surface area contributed by atoms with Gasteiger partial charge >= 0.3 is 0 Å². The van der Waals surface area contributed by atoms with Crippen molar-refractivity contribution < 1.29 is 5.11 Å². The van der Waals surface area contributed by atoms with Gasteiger partial charge in [0.05, 0.1) is 0 Å². The van der Waals surface area contributed by atoms with Crippen LogP contribution >= 0.6 is 0 Å². The van der Waals surface area contributed by atoms with Crippen molar-refractivity contribution in [3.05, 3.63) is 48.0 Å². The molecule has 80 valence electrons. The highest BCUT2D eigenvalue weighted by molar-refractivity contribution is 5.38. The van der Waals surface area contributed by atoms with Crippen LogP contribution < -0.4 is 0 Å². The molecular formula is C15H14O. The van der Waals surface area contributed by atoms with Crippen molar-refractivity contribution in [1.82, 2.24) is 0 Å². The minimum atomic E-state index is -0.746. The molecule has 0 heterocycles. The fourth-order valence-electron chi connectivity index (χ4n) is 2.66. The van der Waals surface area contributed by atoms with Gasteiger partial charge in [0.1, 0.15) is 5.60 Å². The normalized spacial score (nSPS) is 34.8. The van der Waals surface area contributed by atoms with Crippen molar-refractivity contribution in [3.8, 4) is 11.8 Å². The van der Waals surface area contributed by atoms with E-state index in [0.717, 1.165) is 18.4 Å². The van der Waals surface area contributed by atoms with Crippen LogP contribution in [0.4, 0.5) is 0 Å². The molecule has 1 nitrogen and oxygen atoms in total. The van der Waals surface area contributed by atoms with Gasteiger partial charge in [-0.25, -0.2) is 0 Å². The van der Waals surface area contributed by atoms with Gasteiger partial charge in [-0.1, -0.05) is 42.2 Å². The highest BCUT2D eigenvalue weighted by atomic mass is 16.3. The van der Waals surface area contributed by atoms with Gasteiger partial charge in [-0.3, -0.25) is 0 Å². The fourth-order valence-corrected chi connectivity index (χ4v) is 2.66. The number of hydrogen-bond donors (Lipinski definition) is 1. The summed E-state index contributed by atoms with van der Waals surface area (Å²) in [6, 6.07) is 9.85. The highest BCUT2D eigenvalue weighted by Gasteiger charge is 2.51. The van der Waals surface area contributed by atoms with Gasteiger partial charge in [-0.15, -0.1) is 0 Å². The Morgan fingerprint density at radius 3 is 2.81 bits per heavy atom. The zero-order valence-electron chi connectivity index (χ0n) is 9.06. The Hall–Kier alpha value is -1.52. The number of benzene rings is 1. The van der Waals surface area contributed by atoms with Crippen LogP contribution in [0.2, 0.25) is 0 Å². The molecule has 2 aliphatic carbocycles. The summed E-state index contributed by atoms with van der Waals surface area (Å²) in [4.78, 5) is 0. The Morgan fingerprint density at radius 1 is 1.25 bits per heavy atom. The standard InChI is InChI=1S/C15H14O/c16-15(11-13-7-4-8-14(13)15)10-9-12-5-2-1-3-6-12/h1-7,13-14,16H,8,11H2. The molecule has 0 saturated heterocycles. The lowest BCUT2D eigenvalue weighted by molar-refractivity contribution is -0.0669. The Kier molecular flexibility index (Phi) is 2.12. The monoisotopic (exact) mass is 210 g/mol. The van der Waals surface area contributed by atoms with Gasteiger partial charge in [0.15, 0.2) is 0 Å². The fraction of sp³-hybridized carbons (Fsp3) is 0.333. The predicted molar refractivity (Wildman–Crippen MR) is 63.6 cm³/mol. The summed E-state index contributed by atoms with van der Waals surface area (Å²) in [5.74, 6) is 7.02. The molecule has 16 heavy (non-hydrogen) atoms. The molecule has 0 radical (unpaired) electrons. The van der Waals surface area contributed by atoms with Gasteiger partial charge in [-0.2, -0.15) is 0 Å². The Morgan fingerprint density at radius 2 is 2.06 bits per heavy atom. The van der Waals surface area contributed by atoms with Gasteiger partial charge in [0.25, 0.3) is 0 Å². The Balaban J connectivity index is 1.79. The largest absolute Gasteiger partial charge is 0.377 e. The molecule has 1 aromatic carbocycles. The minimum absolute atomic E-state index is 0.337. The van der Waals surface area contributed by atoms with Crippen molar-refractivity contribution in [2.75, 3.05) is 0 Å². The van der Waals surface area contributed by atoms with E-state index in [4.69, 9.17) is 0 Å². The number of allylic oxidation sites excluding steroid dienone is 2. The molecule has 0 aliphatic heterocycles. The third kappa shape index (κ3) is 1.47. The topological polar surface area (TPSA) is 20.2 Å². The van der Waals surface area contributed by atoms with Crippen LogP contribution in [0.15, 0.2) is 42.5 Å². The van der Waals surface area contributed by atoms with Gasteiger partial charge in [-0.05, 0) is 30.9 Å². The second-order valence-electron chi connectivity index (χ2n) is 4.68. The Bertz CT molecular complexity index is 477. The first kappa shape index (κ1) is 9.69. The smallest absolute Gasteiger partial charge is 0.130 e. The predicted octanol–water partition coefficient (Wildman–Crippen LogP) is 2.37. The third-order valence-corrected chi connectivity index (χ3v) is 3.65. The minimum Gasteiger partial charge on any atom is -0.377 e. The quantitative estimate of drug-likeness (QED) is 0.515. The molecule has 0 aromatic heterocycles. The molecule has 0 amide bonds. The zero-order chi connectivity index (χ0) is 11.0. The first-order valence-corrected chi connectivity index (χ1v) is 5.75. The molecule has 1 N–H and O–H groups in total. The summed E-state index contributed by atoms with van der Waals surface area (Å²) in [6.45, 7) is 0. The second-order valence-corrected chi connectivity index (χ2v) is 4.68. The van der Waals surface area contributed by atoms with E-state index < -0.39 is 5.60 Å².